The van der Waals surface area contributed by atoms with Crippen molar-refractivity contribution in [2.75, 3.05) is 32.7 Å². The number of piperidine rings is 1. The molecular formula is C21H26F3N5O5. The molecule has 0 radical (unpaired) electrons. The van der Waals surface area contributed by atoms with Crippen LogP contribution in [0.4, 0.5) is 13.2 Å². The number of aliphatic carboxylic acids is 1. The number of nitrogens with zero attached hydrogens (tertiary/aromatic N) is 3. The summed E-state index contributed by atoms with van der Waals surface area (Å²) in [6.45, 7) is 5.18. The molecule has 186 valence electrons. The van der Waals surface area contributed by atoms with Gasteiger partial charge in [-0.15, -0.1) is 0 Å². The molecule has 0 saturated carbocycles. The predicted molar refractivity (Wildman–Crippen MR) is 115 cm³/mol. The summed E-state index contributed by atoms with van der Waals surface area (Å²) in [5.41, 5.74) is 2.52. The van der Waals surface area contributed by atoms with Crippen LogP contribution in [0.25, 0.3) is 11.0 Å². The van der Waals surface area contributed by atoms with Crippen LogP contribution in [0.3, 0.4) is 0 Å². The SMILES string of the molecule is Cn1c(=O)n(C2CCC(=O)NC2=O)c2ccc(CCN3CCNCC3)cc21.O=C(O)C(F)(F)F. The number of fused-ring (bicyclic) bond motifs is 1. The van der Waals surface area contributed by atoms with Crippen LogP contribution in [0.15, 0.2) is 23.0 Å². The van der Waals surface area contributed by atoms with E-state index in [0.29, 0.717) is 6.42 Å². The number of amides is 2. The lowest BCUT2D eigenvalue weighted by molar-refractivity contribution is -0.192. The van der Waals surface area contributed by atoms with Crippen molar-refractivity contribution < 1.29 is 32.7 Å². The highest BCUT2D eigenvalue weighted by molar-refractivity contribution is 6.00. The van der Waals surface area contributed by atoms with E-state index in [4.69, 9.17) is 9.90 Å². The van der Waals surface area contributed by atoms with E-state index in [1.54, 1.807) is 11.6 Å². The maximum atomic E-state index is 12.8. The normalized spacial score (nSPS) is 19.5. The molecule has 10 nitrogen and oxygen atoms in total. The number of aromatic nitrogens is 2. The Labute approximate surface area is 192 Å². The molecule has 1 aromatic heterocycles. The van der Waals surface area contributed by atoms with Crippen molar-refractivity contribution in [3.63, 3.8) is 0 Å². The fourth-order valence-electron chi connectivity index (χ4n) is 4.02. The number of imide groups is 1. The number of alkyl halides is 3. The number of aryl methyl sites for hydroxylation is 1. The Bertz CT molecular complexity index is 1130. The van der Waals surface area contributed by atoms with Gasteiger partial charge in [0.05, 0.1) is 11.0 Å². The number of hydrogen-bond acceptors (Lipinski definition) is 6. The molecule has 2 amide bonds. The lowest BCUT2D eigenvalue weighted by Crippen LogP contribution is -2.44. The molecule has 3 heterocycles. The van der Waals surface area contributed by atoms with Crippen LogP contribution in [0, 0.1) is 0 Å². The zero-order valence-corrected chi connectivity index (χ0v) is 18.5. The number of carbonyl (C=O) groups is 3. The first-order valence-electron chi connectivity index (χ1n) is 10.8. The van der Waals surface area contributed by atoms with Gasteiger partial charge in [0.2, 0.25) is 11.8 Å². The number of halogens is 3. The van der Waals surface area contributed by atoms with Crippen molar-refractivity contribution in [1.82, 2.24) is 24.7 Å². The van der Waals surface area contributed by atoms with E-state index in [-0.39, 0.29) is 18.0 Å². The van der Waals surface area contributed by atoms with Gasteiger partial charge < -0.3 is 15.3 Å². The van der Waals surface area contributed by atoms with Crippen molar-refractivity contribution in [3.05, 3.63) is 34.2 Å². The third kappa shape index (κ3) is 5.83. The van der Waals surface area contributed by atoms with Gasteiger partial charge in [-0.2, -0.15) is 13.2 Å². The summed E-state index contributed by atoms with van der Waals surface area (Å²) < 4.78 is 34.9. The molecule has 4 rings (SSSR count). The Morgan fingerprint density at radius 1 is 1.15 bits per heavy atom. The average molecular weight is 485 g/mol. The molecule has 0 bridgehead atoms. The lowest BCUT2D eigenvalue weighted by atomic mass is 10.1. The van der Waals surface area contributed by atoms with Crippen LogP contribution in [0.1, 0.15) is 24.4 Å². The predicted octanol–water partition coefficient (Wildman–Crippen LogP) is 0.399. The second-order valence-electron chi connectivity index (χ2n) is 8.15. The second-order valence-corrected chi connectivity index (χ2v) is 8.15. The summed E-state index contributed by atoms with van der Waals surface area (Å²) in [7, 11) is 1.73. The van der Waals surface area contributed by atoms with Crippen LogP contribution in [-0.2, 0) is 27.9 Å². The van der Waals surface area contributed by atoms with Crippen molar-refractivity contribution in [2.45, 2.75) is 31.5 Å². The van der Waals surface area contributed by atoms with Gasteiger partial charge in [0, 0.05) is 46.2 Å². The molecule has 13 heteroatoms. The van der Waals surface area contributed by atoms with E-state index in [1.807, 2.05) is 18.2 Å². The summed E-state index contributed by atoms with van der Waals surface area (Å²) in [5, 5.41) is 12.8. The van der Waals surface area contributed by atoms with Crippen LogP contribution >= 0.6 is 0 Å². The average Bonchev–Trinajstić information content (AvgIpc) is 3.03. The smallest absolute Gasteiger partial charge is 0.475 e. The molecule has 1 aromatic carbocycles. The van der Waals surface area contributed by atoms with Gasteiger partial charge in [-0.1, -0.05) is 6.07 Å². The number of piperazine rings is 1. The summed E-state index contributed by atoms with van der Waals surface area (Å²) in [4.78, 5) is 47.8. The highest BCUT2D eigenvalue weighted by atomic mass is 19.4. The maximum Gasteiger partial charge on any atom is 0.490 e. The van der Waals surface area contributed by atoms with Gasteiger partial charge in [0.25, 0.3) is 0 Å². The van der Waals surface area contributed by atoms with Crippen LogP contribution in [0.5, 0.6) is 0 Å². The number of imidazole rings is 1. The molecule has 2 saturated heterocycles. The molecule has 3 N–H and O–H groups in total. The third-order valence-electron chi connectivity index (χ3n) is 5.84. The summed E-state index contributed by atoms with van der Waals surface area (Å²) in [5.74, 6) is -3.43. The highest BCUT2D eigenvalue weighted by Crippen LogP contribution is 2.24. The van der Waals surface area contributed by atoms with Crippen molar-refractivity contribution >= 4 is 28.8 Å². The van der Waals surface area contributed by atoms with E-state index >= 15 is 0 Å². The molecule has 0 spiro atoms. The van der Waals surface area contributed by atoms with Crippen LogP contribution in [-0.4, -0.2) is 75.8 Å². The van der Waals surface area contributed by atoms with Crippen LogP contribution < -0.4 is 16.3 Å². The Morgan fingerprint density at radius 2 is 1.79 bits per heavy atom. The minimum atomic E-state index is -5.08. The topological polar surface area (TPSA) is 126 Å². The third-order valence-corrected chi connectivity index (χ3v) is 5.84. The minimum Gasteiger partial charge on any atom is -0.475 e. The molecule has 2 fully saturated rings. The van der Waals surface area contributed by atoms with Gasteiger partial charge in [-0.05, 0) is 30.5 Å². The number of nitrogens with one attached hydrogen (secondary N) is 2. The number of carboxylic acids is 1. The van der Waals surface area contributed by atoms with Gasteiger partial charge in [0.1, 0.15) is 6.04 Å². The zero-order valence-electron chi connectivity index (χ0n) is 18.5. The first-order valence-corrected chi connectivity index (χ1v) is 10.8. The number of carboxylic acid groups (broad SMARTS) is 1. The number of benzene rings is 1. The summed E-state index contributed by atoms with van der Waals surface area (Å²) in [6.07, 6.45) is -3.55. The molecule has 1 unspecified atom stereocenters. The highest BCUT2D eigenvalue weighted by Gasteiger charge is 2.38. The van der Waals surface area contributed by atoms with E-state index in [9.17, 15) is 27.6 Å². The van der Waals surface area contributed by atoms with Gasteiger partial charge >= 0.3 is 17.8 Å². The molecule has 2 aromatic rings. The Hall–Kier alpha value is -3.19. The fraction of sp³-hybridized carbons (Fsp3) is 0.524. The van der Waals surface area contributed by atoms with Crippen molar-refractivity contribution in [2.24, 2.45) is 7.05 Å². The van der Waals surface area contributed by atoms with E-state index in [2.05, 4.69) is 15.5 Å². The number of rotatable bonds is 4. The number of hydrogen-bond donors (Lipinski definition) is 3. The first kappa shape index (κ1) is 25.4. The second kappa shape index (κ2) is 10.4. The van der Waals surface area contributed by atoms with E-state index < -0.39 is 24.1 Å². The quantitative estimate of drug-likeness (QED) is 0.536. The van der Waals surface area contributed by atoms with Crippen molar-refractivity contribution in [1.29, 1.82) is 0 Å². The van der Waals surface area contributed by atoms with Gasteiger partial charge in [-0.3, -0.25) is 24.0 Å². The molecule has 2 aliphatic rings. The minimum absolute atomic E-state index is 0.223. The number of carbonyl (C=O) groups excluding carboxylic acids is 2. The molecule has 0 aliphatic carbocycles. The Morgan fingerprint density at radius 3 is 2.38 bits per heavy atom. The van der Waals surface area contributed by atoms with E-state index in [0.717, 1.165) is 50.2 Å². The summed E-state index contributed by atoms with van der Waals surface area (Å²) >= 11 is 0. The monoisotopic (exact) mass is 485 g/mol. The van der Waals surface area contributed by atoms with Gasteiger partial charge in [0.15, 0.2) is 0 Å². The van der Waals surface area contributed by atoms with Crippen LogP contribution in [0.2, 0.25) is 0 Å². The lowest BCUT2D eigenvalue weighted by Gasteiger charge is -2.27. The standard InChI is InChI=1S/C19H25N5O3.C2HF3O2/c1-22-16-12-13(6-9-23-10-7-20-8-11-23)2-3-14(16)24(19(22)27)15-4-5-17(25)21-18(15)26;3-2(4,5)1(6)7/h2-3,12,15,20H,4-11H2,1H3,(H,21,25,26);(H,6,7). The van der Waals surface area contributed by atoms with Crippen molar-refractivity contribution in [3.8, 4) is 0 Å². The molecular weight excluding hydrogens is 459 g/mol. The zero-order chi connectivity index (χ0) is 25.0. The molecule has 1 atom stereocenters. The molecule has 34 heavy (non-hydrogen) atoms. The molecule has 2 aliphatic heterocycles. The Balaban J connectivity index is 0.000000406. The summed E-state index contributed by atoms with van der Waals surface area (Å²) in [6, 6.07) is 5.37. The van der Waals surface area contributed by atoms with Gasteiger partial charge in [-0.25, -0.2) is 9.59 Å². The first-order chi connectivity index (χ1) is 16.0. The largest absolute Gasteiger partial charge is 0.490 e. The van der Waals surface area contributed by atoms with E-state index in [1.165, 1.54) is 10.1 Å². The Kier molecular flexibility index (Phi) is 7.77. The fourth-order valence-corrected chi connectivity index (χ4v) is 4.02. The maximum absolute atomic E-state index is 12.8.